The zero-order chi connectivity index (χ0) is 16.0. The van der Waals surface area contributed by atoms with E-state index in [0.29, 0.717) is 20.1 Å². The molecule has 0 radical (unpaired) electrons. The van der Waals surface area contributed by atoms with Gasteiger partial charge in [-0.2, -0.15) is 0 Å². The number of nitrogens with one attached hydrogen (secondary N) is 1. The Labute approximate surface area is 149 Å². The van der Waals surface area contributed by atoms with Crippen LogP contribution in [0.2, 0.25) is 10.0 Å². The van der Waals surface area contributed by atoms with Gasteiger partial charge < -0.3 is 0 Å². The molecule has 23 heavy (non-hydrogen) atoms. The number of thiophene rings is 1. The number of nitrogens with zero attached hydrogens (tertiary/aromatic N) is 1. The fourth-order valence-corrected chi connectivity index (χ4v) is 4.81. The highest BCUT2D eigenvalue weighted by Crippen LogP contribution is 2.37. The summed E-state index contributed by atoms with van der Waals surface area (Å²) in [6.07, 6.45) is 0. The van der Waals surface area contributed by atoms with Crippen LogP contribution in [0.4, 0.5) is 5.13 Å². The van der Waals surface area contributed by atoms with Gasteiger partial charge in [-0.1, -0.05) is 52.7 Å². The number of halogens is 2. The molecule has 0 fully saturated rings. The van der Waals surface area contributed by atoms with Crippen LogP contribution in [0.15, 0.2) is 42.5 Å². The van der Waals surface area contributed by atoms with Gasteiger partial charge in [-0.05, 0) is 24.3 Å². The van der Waals surface area contributed by atoms with Crippen LogP contribution in [0.5, 0.6) is 0 Å². The molecular weight excluding hydrogens is 371 g/mol. The van der Waals surface area contributed by atoms with Crippen molar-refractivity contribution in [2.24, 2.45) is 0 Å². The third-order valence-electron chi connectivity index (χ3n) is 3.31. The van der Waals surface area contributed by atoms with Gasteiger partial charge in [0.05, 0.1) is 15.2 Å². The summed E-state index contributed by atoms with van der Waals surface area (Å²) in [5, 5.41) is 5.28. The van der Waals surface area contributed by atoms with Gasteiger partial charge in [-0.3, -0.25) is 10.1 Å². The summed E-state index contributed by atoms with van der Waals surface area (Å²) in [7, 11) is 0. The normalized spacial score (nSPS) is 11.2. The summed E-state index contributed by atoms with van der Waals surface area (Å²) in [6.45, 7) is 0. The van der Waals surface area contributed by atoms with E-state index in [1.807, 2.05) is 36.4 Å². The van der Waals surface area contributed by atoms with Crippen molar-refractivity contribution in [3.63, 3.8) is 0 Å². The lowest BCUT2D eigenvalue weighted by Crippen LogP contribution is -2.10. The van der Waals surface area contributed by atoms with Crippen LogP contribution >= 0.6 is 45.9 Å². The standard InChI is InChI=1S/C16H8Cl2N2OS2/c17-8-5-6-9-12(7-8)22-14(13(9)18)15(21)20-16-19-10-3-1-2-4-11(10)23-16/h1-7H,(H,19,20,21). The molecule has 1 N–H and O–H groups in total. The van der Waals surface area contributed by atoms with E-state index < -0.39 is 0 Å². The Balaban J connectivity index is 1.70. The Bertz CT molecular complexity index is 1020. The van der Waals surface area contributed by atoms with Crippen LogP contribution in [0.1, 0.15) is 9.67 Å². The SMILES string of the molecule is O=C(Nc1nc2ccccc2s1)c1sc2cc(Cl)ccc2c1Cl. The fraction of sp³-hybridized carbons (Fsp3) is 0. The Morgan fingerprint density at radius 2 is 1.87 bits per heavy atom. The third-order valence-corrected chi connectivity index (χ3v) is 6.15. The lowest BCUT2D eigenvalue weighted by Gasteiger charge is -1.98. The average molecular weight is 379 g/mol. The summed E-state index contributed by atoms with van der Waals surface area (Å²) < 4.78 is 1.91. The second-order valence-electron chi connectivity index (χ2n) is 4.83. The van der Waals surface area contributed by atoms with Crippen LogP contribution in [0, 0.1) is 0 Å². The van der Waals surface area contributed by atoms with Gasteiger partial charge in [-0.15, -0.1) is 11.3 Å². The smallest absolute Gasteiger partial charge is 0.269 e. The summed E-state index contributed by atoms with van der Waals surface area (Å²) in [6, 6.07) is 13.1. The molecule has 0 aliphatic carbocycles. The van der Waals surface area contributed by atoms with Crippen molar-refractivity contribution in [1.29, 1.82) is 0 Å². The van der Waals surface area contributed by atoms with E-state index in [0.717, 1.165) is 20.3 Å². The Morgan fingerprint density at radius 3 is 2.70 bits per heavy atom. The van der Waals surface area contributed by atoms with Crippen molar-refractivity contribution in [3.05, 3.63) is 57.4 Å². The van der Waals surface area contributed by atoms with E-state index in [2.05, 4.69) is 10.3 Å². The van der Waals surface area contributed by atoms with Gasteiger partial charge in [0, 0.05) is 15.1 Å². The molecule has 0 spiro atoms. The summed E-state index contributed by atoms with van der Waals surface area (Å²) in [5.41, 5.74) is 0.863. The third kappa shape index (κ3) is 2.70. The Kier molecular flexibility index (Phi) is 3.73. The van der Waals surface area contributed by atoms with E-state index in [9.17, 15) is 4.79 Å². The number of hydrogen-bond donors (Lipinski definition) is 1. The maximum absolute atomic E-state index is 12.5. The molecule has 0 saturated carbocycles. The van der Waals surface area contributed by atoms with Gasteiger partial charge >= 0.3 is 0 Å². The van der Waals surface area contributed by atoms with Gasteiger partial charge in [0.2, 0.25) is 0 Å². The molecule has 7 heteroatoms. The Morgan fingerprint density at radius 1 is 1.04 bits per heavy atom. The van der Waals surface area contributed by atoms with Crippen molar-refractivity contribution in [2.45, 2.75) is 0 Å². The van der Waals surface area contributed by atoms with Crippen molar-refractivity contribution in [1.82, 2.24) is 4.98 Å². The number of aromatic nitrogens is 1. The van der Waals surface area contributed by atoms with Crippen molar-refractivity contribution >= 4 is 77.2 Å². The van der Waals surface area contributed by atoms with E-state index in [1.54, 1.807) is 6.07 Å². The number of carbonyl (C=O) groups excluding carboxylic acids is 1. The molecule has 4 rings (SSSR count). The minimum Gasteiger partial charge on any atom is -0.297 e. The molecule has 0 atom stereocenters. The first-order chi connectivity index (χ1) is 11.1. The average Bonchev–Trinajstić information content (AvgIpc) is 3.07. The number of thiazole rings is 1. The van der Waals surface area contributed by atoms with Crippen LogP contribution < -0.4 is 5.32 Å². The van der Waals surface area contributed by atoms with Crippen LogP contribution in [0.25, 0.3) is 20.3 Å². The van der Waals surface area contributed by atoms with E-state index >= 15 is 0 Å². The van der Waals surface area contributed by atoms with E-state index in [4.69, 9.17) is 23.2 Å². The first-order valence-electron chi connectivity index (χ1n) is 6.66. The van der Waals surface area contributed by atoms with Crippen LogP contribution in [-0.2, 0) is 0 Å². The lowest BCUT2D eigenvalue weighted by atomic mass is 10.2. The predicted octanol–water partition coefficient (Wildman–Crippen LogP) is 6.07. The molecule has 0 aliphatic rings. The number of amides is 1. The highest BCUT2D eigenvalue weighted by Gasteiger charge is 2.18. The van der Waals surface area contributed by atoms with E-state index in [1.165, 1.54) is 22.7 Å². The zero-order valence-electron chi connectivity index (χ0n) is 11.5. The molecule has 4 aromatic rings. The maximum Gasteiger partial charge on any atom is 0.269 e. The predicted molar refractivity (Wildman–Crippen MR) is 99.4 cm³/mol. The number of rotatable bonds is 2. The summed E-state index contributed by atoms with van der Waals surface area (Å²) in [4.78, 5) is 17.4. The summed E-state index contributed by atoms with van der Waals surface area (Å²) in [5.74, 6) is -0.258. The topological polar surface area (TPSA) is 42.0 Å². The highest BCUT2D eigenvalue weighted by atomic mass is 35.5. The van der Waals surface area contributed by atoms with Gasteiger partial charge in [-0.25, -0.2) is 4.98 Å². The van der Waals surface area contributed by atoms with Crippen LogP contribution in [-0.4, -0.2) is 10.9 Å². The van der Waals surface area contributed by atoms with Crippen LogP contribution in [0.3, 0.4) is 0 Å². The maximum atomic E-state index is 12.5. The number of fused-ring (bicyclic) bond motifs is 2. The second-order valence-corrected chi connectivity index (χ2v) is 7.72. The number of carbonyl (C=O) groups is 1. The highest BCUT2D eigenvalue weighted by molar-refractivity contribution is 7.23. The fourth-order valence-electron chi connectivity index (χ4n) is 2.26. The van der Waals surface area contributed by atoms with Crippen molar-refractivity contribution in [3.8, 4) is 0 Å². The quantitative estimate of drug-likeness (QED) is 0.459. The molecule has 2 heterocycles. The molecule has 114 valence electrons. The lowest BCUT2D eigenvalue weighted by molar-refractivity contribution is 0.103. The first kappa shape index (κ1) is 14.9. The molecule has 1 amide bonds. The molecule has 0 saturated heterocycles. The summed E-state index contributed by atoms with van der Waals surface area (Å²) >= 11 is 15.1. The monoisotopic (exact) mass is 378 g/mol. The molecule has 2 aromatic carbocycles. The second kappa shape index (κ2) is 5.76. The molecular formula is C16H8Cl2N2OS2. The minimum absolute atomic E-state index is 0.258. The molecule has 3 nitrogen and oxygen atoms in total. The van der Waals surface area contributed by atoms with Gasteiger partial charge in [0.1, 0.15) is 4.88 Å². The van der Waals surface area contributed by atoms with Crippen molar-refractivity contribution in [2.75, 3.05) is 5.32 Å². The van der Waals surface area contributed by atoms with Gasteiger partial charge in [0.15, 0.2) is 5.13 Å². The molecule has 0 aliphatic heterocycles. The van der Waals surface area contributed by atoms with Gasteiger partial charge in [0.25, 0.3) is 5.91 Å². The zero-order valence-corrected chi connectivity index (χ0v) is 14.6. The number of anilines is 1. The number of para-hydroxylation sites is 1. The number of hydrogen-bond acceptors (Lipinski definition) is 4. The first-order valence-corrected chi connectivity index (χ1v) is 9.05. The van der Waals surface area contributed by atoms with Crippen molar-refractivity contribution < 1.29 is 4.79 Å². The molecule has 0 bridgehead atoms. The number of benzene rings is 2. The molecule has 0 unspecified atom stereocenters. The van der Waals surface area contributed by atoms with E-state index in [-0.39, 0.29) is 5.91 Å². The largest absolute Gasteiger partial charge is 0.297 e. The molecule has 2 aromatic heterocycles. The minimum atomic E-state index is -0.258. The Hall–Kier alpha value is -1.66.